The molecular weight excluding hydrogens is 360 g/mol. The minimum absolute atomic E-state index is 0.414. The number of aliphatic hydroxyl groups is 1. The van der Waals surface area contributed by atoms with E-state index in [1.807, 2.05) is 61.5 Å². The summed E-state index contributed by atoms with van der Waals surface area (Å²) in [6, 6.07) is 20.1. The largest absolute Gasteiger partial charge is 0.496 e. The predicted molar refractivity (Wildman–Crippen MR) is 106 cm³/mol. The van der Waals surface area contributed by atoms with Gasteiger partial charge in [0, 0.05) is 10.5 Å². The van der Waals surface area contributed by atoms with Gasteiger partial charge in [-0.2, -0.15) is 0 Å². The Morgan fingerprint density at radius 1 is 0.852 bits per heavy atom. The molecule has 5 heteroatoms. The van der Waals surface area contributed by atoms with Crippen molar-refractivity contribution < 1.29 is 18.8 Å². The monoisotopic (exact) mass is 382 g/mol. The van der Waals surface area contributed by atoms with E-state index in [4.69, 9.17) is 9.47 Å². The summed E-state index contributed by atoms with van der Waals surface area (Å²) >= 11 is 0. The van der Waals surface area contributed by atoms with Crippen molar-refractivity contribution in [2.75, 3.05) is 14.2 Å². The van der Waals surface area contributed by atoms with Crippen LogP contribution >= 0.6 is 0 Å². The highest BCUT2D eigenvalue weighted by molar-refractivity contribution is 7.85. The van der Waals surface area contributed by atoms with Crippen LogP contribution in [0.1, 0.15) is 22.8 Å². The Hall–Kier alpha value is -2.63. The highest BCUT2D eigenvalue weighted by atomic mass is 32.2. The van der Waals surface area contributed by atoms with Gasteiger partial charge in [-0.1, -0.05) is 48.0 Å². The van der Waals surface area contributed by atoms with Crippen LogP contribution in [0.15, 0.2) is 76.5 Å². The molecule has 0 aliphatic carbocycles. The Bertz CT molecular complexity index is 937. The highest BCUT2D eigenvalue weighted by Crippen LogP contribution is 2.41. The fraction of sp³-hybridized carbons (Fsp3) is 0.182. The summed E-state index contributed by atoms with van der Waals surface area (Å²) in [5.41, 5.74) is 2.21. The van der Waals surface area contributed by atoms with Gasteiger partial charge in [-0.05, 0) is 36.8 Å². The lowest BCUT2D eigenvalue weighted by atomic mass is 10.00. The molecule has 0 heterocycles. The molecule has 27 heavy (non-hydrogen) atoms. The Balaban J connectivity index is 2.21. The van der Waals surface area contributed by atoms with E-state index in [1.54, 1.807) is 12.1 Å². The van der Waals surface area contributed by atoms with Crippen LogP contribution < -0.4 is 9.47 Å². The molecule has 0 bridgehead atoms. The summed E-state index contributed by atoms with van der Waals surface area (Å²) < 4.78 is 24.4. The lowest BCUT2D eigenvalue weighted by Gasteiger charge is -2.21. The van der Waals surface area contributed by atoms with Gasteiger partial charge in [-0.15, -0.1) is 0 Å². The quantitative estimate of drug-likeness (QED) is 0.692. The van der Waals surface area contributed by atoms with Crippen LogP contribution in [0.2, 0.25) is 0 Å². The van der Waals surface area contributed by atoms with Gasteiger partial charge in [0.05, 0.1) is 29.9 Å². The molecule has 0 fully saturated rings. The van der Waals surface area contributed by atoms with E-state index in [0.717, 1.165) is 5.56 Å². The van der Waals surface area contributed by atoms with Gasteiger partial charge in [0.15, 0.2) is 0 Å². The molecular formula is C22H22O4S. The van der Waals surface area contributed by atoms with Crippen molar-refractivity contribution in [3.8, 4) is 11.5 Å². The number of benzene rings is 3. The first-order valence-electron chi connectivity index (χ1n) is 8.53. The molecule has 3 aromatic rings. The van der Waals surface area contributed by atoms with E-state index in [2.05, 4.69) is 0 Å². The summed E-state index contributed by atoms with van der Waals surface area (Å²) in [5.74, 6) is 0.905. The number of aliphatic hydroxyl groups excluding tert-OH is 1. The van der Waals surface area contributed by atoms with Crippen LogP contribution in [0.5, 0.6) is 11.5 Å². The van der Waals surface area contributed by atoms with E-state index >= 15 is 0 Å². The summed E-state index contributed by atoms with van der Waals surface area (Å²) in [6.07, 6.45) is -0.999. The molecule has 3 rings (SSSR count). The zero-order chi connectivity index (χ0) is 19.4. The minimum atomic E-state index is -1.55. The second kappa shape index (κ2) is 8.37. The van der Waals surface area contributed by atoms with Gasteiger partial charge in [0.2, 0.25) is 0 Å². The maximum Gasteiger partial charge on any atom is 0.136 e. The first kappa shape index (κ1) is 19.1. The SMILES string of the molecule is COc1ccc(OC)c(S(=O)c2ccc(C)cc2)c1[C@@H](O)c1ccccc1. The van der Waals surface area contributed by atoms with Gasteiger partial charge in [-0.25, -0.2) is 4.21 Å². The summed E-state index contributed by atoms with van der Waals surface area (Å²) in [6.45, 7) is 1.98. The average Bonchev–Trinajstić information content (AvgIpc) is 2.72. The van der Waals surface area contributed by atoms with Crippen molar-refractivity contribution in [3.05, 3.63) is 83.4 Å². The smallest absolute Gasteiger partial charge is 0.136 e. The van der Waals surface area contributed by atoms with Crippen LogP contribution in [0.25, 0.3) is 0 Å². The Morgan fingerprint density at radius 3 is 2.04 bits per heavy atom. The van der Waals surface area contributed by atoms with Crippen LogP contribution in [0, 0.1) is 6.92 Å². The summed E-state index contributed by atoms with van der Waals surface area (Å²) in [4.78, 5) is 1.05. The third kappa shape index (κ3) is 3.89. The number of rotatable bonds is 6. The zero-order valence-corrected chi connectivity index (χ0v) is 16.3. The maximum atomic E-state index is 13.4. The van der Waals surface area contributed by atoms with Crippen LogP contribution in [-0.2, 0) is 10.8 Å². The van der Waals surface area contributed by atoms with Gasteiger partial charge in [0.1, 0.15) is 17.6 Å². The molecule has 0 radical (unpaired) electrons. The normalized spacial score (nSPS) is 13.0. The molecule has 1 unspecified atom stereocenters. The first-order valence-corrected chi connectivity index (χ1v) is 9.68. The van der Waals surface area contributed by atoms with Gasteiger partial charge in [-0.3, -0.25) is 0 Å². The minimum Gasteiger partial charge on any atom is -0.496 e. The Labute approximate surface area is 161 Å². The van der Waals surface area contributed by atoms with Crippen molar-refractivity contribution in [2.24, 2.45) is 0 Å². The third-order valence-corrected chi connectivity index (χ3v) is 5.86. The van der Waals surface area contributed by atoms with Crippen LogP contribution in [0.4, 0.5) is 0 Å². The lowest BCUT2D eigenvalue weighted by molar-refractivity contribution is 0.210. The van der Waals surface area contributed by atoms with Gasteiger partial charge in [0.25, 0.3) is 0 Å². The third-order valence-electron chi connectivity index (χ3n) is 4.37. The van der Waals surface area contributed by atoms with Crippen LogP contribution in [-0.4, -0.2) is 23.5 Å². The second-order valence-corrected chi connectivity index (χ2v) is 7.52. The zero-order valence-electron chi connectivity index (χ0n) is 15.5. The molecule has 1 N–H and O–H groups in total. The number of hydrogen-bond donors (Lipinski definition) is 1. The predicted octanol–water partition coefficient (Wildman–Crippen LogP) is 4.26. The summed E-state index contributed by atoms with van der Waals surface area (Å²) in [7, 11) is 1.50. The second-order valence-electron chi connectivity index (χ2n) is 6.11. The van der Waals surface area contributed by atoms with E-state index < -0.39 is 16.9 Å². The number of methoxy groups -OCH3 is 2. The molecule has 0 amide bonds. The van der Waals surface area contributed by atoms with E-state index in [-0.39, 0.29) is 0 Å². The molecule has 0 aliphatic rings. The Kier molecular flexibility index (Phi) is 5.94. The topological polar surface area (TPSA) is 55.8 Å². The van der Waals surface area contributed by atoms with Crippen molar-refractivity contribution in [2.45, 2.75) is 22.8 Å². The standard InChI is InChI=1S/C22H22O4S/c1-15-9-11-17(12-10-15)27(24)22-19(26-3)14-13-18(25-2)20(22)21(23)16-7-5-4-6-8-16/h4-14,21,23H,1-3H3/t21-,27?/m0/s1. The van der Waals surface area contributed by atoms with Crippen molar-refractivity contribution in [3.63, 3.8) is 0 Å². The molecule has 0 saturated carbocycles. The highest BCUT2D eigenvalue weighted by Gasteiger charge is 2.27. The van der Waals surface area contributed by atoms with Gasteiger partial charge >= 0.3 is 0 Å². The fourth-order valence-electron chi connectivity index (χ4n) is 2.93. The Morgan fingerprint density at radius 2 is 1.44 bits per heavy atom. The molecule has 2 atom stereocenters. The number of hydrogen-bond acceptors (Lipinski definition) is 4. The number of ether oxygens (including phenoxy) is 2. The number of aryl methyl sites for hydroxylation is 1. The van der Waals surface area contributed by atoms with E-state index in [9.17, 15) is 9.32 Å². The molecule has 0 aromatic heterocycles. The molecule has 0 spiro atoms. The molecule has 4 nitrogen and oxygen atoms in total. The average molecular weight is 382 g/mol. The lowest BCUT2D eigenvalue weighted by Crippen LogP contribution is -2.10. The molecule has 0 saturated heterocycles. The maximum absolute atomic E-state index is 13.4. The van der Waals surface area contributed by atoms with Crippen molar-refractivity contribution in [1.82, 2.24) is 0 Å². The molecule has 140 valence electrons. The van der Waals surface area contributed by atoms with Gasteiger partial charge < -0.3 is 14.6 Å². The van der Waals surface area contributed by atoms with Crippen molar-refractivity contribution in [1.29, 1.82) is 0 Å². The molecule has 3 aromatic carbocycles. The van der Waals surface area contributed by atoms with E-state index in [0.29, 0.717) is 32.4 Å². The van der Waals surface area contributed by atoms with Crippen molar-refractivity contribution >= 4 is 10.8 Å². The summed E-state index contributed by atoms with van der Waals surface area (Å²) in [5, 5.41) is 11.1. The molecule has 0 aliphatic heterocycles. The fourth-order valence-corrected chi connectivity index (χ4v) is 4.30. The first-order chi connectivity index (χ1) is 13.1. The van der Waals surface area contributed by atoms with Crippen LogP contribution in [0.3, 0.4) is 0 Å². The van der Waals surface area contributed by atoms with E-state index in [1.165, 1.54) is 14.2 Å².